The molecule has 1 aliphatic rings. The zero-order valence-corrected chi connectivity index (χ0v) is 10.2. The normalized spacial score (nSPS) is 22.4. The summed E-state index contributed by atoms with van der Waals surface area (Å²) in [4.78, 5) is 4.81. The molecule has 3 heteroatoms. The molecule has 0 amide bonds. The average molecular weight is 219 g/mol. The van der Waals surface area contributed by atoms with E-state index in [4.69, 9.17) is 5.73 Å². The lowest BCUT2D eigenvalue weighted by molar-refractivity contribution is 0.224. The van der Waals surface area contributed by atoms with Gasteiger partial charge in [0.1, 0.15) is 0 Å². The van der Waals surface area contributed by atoms with Gasteiger partial charge in [0.2, 0.25) is 0 Å². The summed E-state index contributed by atoms with van der Waals surface area (Å²) in [5.41, 5.74) is 8.51. The van der Waals surface area contributed by atoms with Crippen LogP contribution in [0.15, 0.2) is 24.3 Å². The molecule has 1 fully saturated rings. The highest BCUT2D eigenvalue weighted by molar-refractivity contribution is 5.53. The number of benzene rings is 1. The zero-order valence-electron chi connectivity index (χ0n) is 10.2. The first-order valence-corrected chi connectivity index (χ1v) is 5.93. The molecule has 0 aromatic heterocycles. The molecule has 0 aliphatic carbocycles. The van der Waals surface area contributed by atoms with Crippen molar-refractivity contribution in [3.8, 4) is 0 Å². The van der Waals surface area contributed by atoms with Gasteiger partial charge in [0.05, 0.1) is 0 Å². The van der Waals surface area contributed by atoms with Crippen LogP contribution in [0.4, 0.5) is 5.69 Å². The molecule has 2 rings (SSSR count). The molecule has 1 saturated heterocycles. The molecule has 1 heterocycles. The van der Waals surface area contributed by atoms with Crippen LogP contribution in [0.5, 0.6) is 0 Å². The molecular formula is C13H21N3. The highest BCUT2D eigenvalue weighted by Crippen LogP contribution is 2.21. The van der Waals surface area contributed by atoms with Crippen LogP contribution in [0.1, 0.15) is 5.56 Å². The van der Waals surface area contributed by atoms with Gasteiger partial charge >= 0.3 is 0 Å². The Kier molecular flexibility index (Phi) is 3.46. The second-order valence-electron chi connectivity index (χ2n) is 4.60. The van der Waals surface area contributed by atoms with Gasteiger partial charge in [-0.3, -0.25) is 4.90 Å². The predicted octanol–water partition coefficient (Wildman–Crippen LogP) is 1.07. The van der Waals surface area contributed by atoms with Crippen molar-refractivity contribution < 1.29 is 0 Å². The Morgan fingerprint density at radius 3 is 2.75 bits per heavy atom. The van der Waals surface area contributed by atoms with E-state index in [1.54, 1.807) is 0 Å². The number of nitrogens with zero attached hydrogens (tertiary/aromatic N) is 2. The van der Waals surface area contributed by atoms with Gasteiger partial charge in [-0.15, -0.1) is 0 Å². The van der Waals surface area contributed by atoms with E-state index in [-0.39, 0.29) is 0 Å². The van der Waals surface area contributed by atoms with Gasteiger partial charge in [0.15, 0.2) is 0 Å². The number of aryl methyl sites for hydroxylation is 1. The number of hydrogen-bond acceptors (Lipinski definition) is 3. The minimum absolute atomic E-state index is 0.480. The summed E-state index contributed by atoms with van der Waals surface area (Å²) in [6.07, 6.45) is 0. The Balaban J connectivity index is 2.14. The number of likely N-dealkylation sites (N-methyl/N-ethyl adjacent to an activating group) is 1. The molecule has 0 bridgehead atoms. The minimum atomic E-state index is 0.480. The van der Waals surface area contributed by atoms with Crippen molar-refractivity contribution in [1.82, 2.24) is 4.90 Å². The van der Waals surface area contributed by atoms with Gasteiger partial charge in [0, 0.05) is 37.9 Å². The number of nitrogens with two attached hydrogens (primary N) is 1. The molecule has 1 atom stereocenters. The van der Waals surface area contributed by atoms with Crippen LogP contribution in [0, 0.1) is 6.92 Å². The smallest absolute Gasteiger partial charge is 0.0396 e. The fourth-order valence-corrected chi connectivity index (χ4v) is 2.34. The second-order valence-corrected chi connectivity index (χ2v) is 4.60. The second kappa shape index (κ2) is 4.85. The van der Waals surface area contributed by atoms with Crippen molar-refractivity contribution >= 4 is 5.69 Å². The van der Waals surface area contributed by atoms with Crippen molar-refractivity contribution in [1.29, 1.82) is 0 Å². The van der Waals surface area contributed by atoms with Gasteiger partial charge in [-0.2, -0.15) is 0 Å². The van der Waals surface area contributed by atoms with E-state index >= 15 is 0 Å². The summed E-state index contributed by atoms with van der Waals surface area (Å²) in [7, 11) is 2.16. The van der Waals surface area contributed by atoms with Crippen molar-refractivity contribution in [3.05, 3.63) is 29.8 Å². The third kappa shape index (κ3) is 2.20. The SMILES string of the molecule is Cc1ccccc1N1CCN(C)C(CN)C1. The Morgan fingerprint density at radius 1 is 1.31 bits per heavy atom. The summed E-state index contributed by atoms with van der Waals surface area (Å²) in [6.45, 7) is 6.13. The lowest BCUT2D eigenvalue weighted by Crippen LogP contribution is -2.54. The predicted molar refractivity (Wildman–Crippen MR) is 68.9 cm³/mol. The quantitative estimate of drug-likeness (QED) is 0.807. The van der Waals surface area contributed by atoms with Crippen LogP contribution in [-0.2, 0) is 0 Å². The van der Waals surface area contributed by atoms with Crippen LogP contribution in [0.25, 0.3) is 0 Å². The van der Waals surface area contributed by atoms with Crippen LogP contribution in [0.2, 0.25) is 0 Å². The molecule has 1 aromatic rings. The minimum Gasteiger partial charge on any atom is -0.368 e. The highest BCUT2D eigenvalue weighted by Gasteiger charge is 2.23. The Bertz CT molecular complexity index is 351. The van der Waals surface area contributed by atoms with E-state index < -0.39 is 0 Å². The average Bonchev–Trinajstić information content (AvgIpc) is 2.31. The summed E-state index contributed by atoms with van der Waals surface area (Å²) < 4.78 is 0. The first-order valence-electron chi connectivity index (χ1n) is 5.93. The number of rotatable bonds is 2. The van der Waals surface area contributed by atoms with E-state index in [2.05, 4.69) is 48.0 Å². The maximum absolute atomic E-state index is 5.80. The Labute approximate surface area is 97.8 Å². The topological polar surface area (TPSA) is 32.5 Å². The Hall–Kier alpha value is -1.06. The first kappa shape index (κ1) is 11.4. The lowest BCUT2D eigenvalue weighted by atomic mass is 10.1. The van der Waals surface area contributed by atoms with E-state index in [0.717, 1.165) is 26.2 Å². The van der Waals surface area contributed by atoms with Gasteiger partial charge < -0.3 is 10.6 Å². The van der Waals surface area contributed by atoms with Crippen molar-refractivity contribution in [2.75, 3.05) is 38.1 Å². The van der Waals surface area contributed by atoms with Gasteiger partial charge in [0.25, 0.3) is 0 Å². The molecule has 0 saturated carbocycles. The molecule has 0 spiro atoms. The molecule has 88 valence electrons. The van der Waals surface area contributed by atoms with Gasteiger partial charge in [-0.05, 0) is 25.6 Å². The third-order valence-corrected chi connectivity index (χ3v) is 3.51. The van der Waals surface area contributed by atoms with Gasteiger partial charge in [-0.1, -0.05) is 18.2 Å². The van der Waals surface area contributed by atoms with Crippen LogP contribution in [-0.4, -0.2) is 44.2 Å². The third-order valence-electron chi connectivity index (χ3n) is 3.51. The van der Waals surface area contributed by atoms with E-state index in [0.29, 0.717) is 6.04 Å². The molecular weight excluding hydrogens is 198 g/mol. The molecule has 0 radical (unpaired) electrons. The zero-order chi connectivity index (χ0) is 11.5. The van der Waals surface area contributed by atoms with E-state index in [1.807, 2.05) is 0 Å². The molecule has 1 aliphatic heterocycles. The summed E-state index contributed by atoms with van der Waals surface area (Å²) in [5, 5.41) is 0. The van der Waals surface area contributed by atoms with Crippen molar-refractivity contribution in [2.24, 2.45) is 5.73 Å². The highest BCUT2D eigenvalue weighted by atomic mass is 15.3. The van der Waals surface area contributed by atoms with E-state index in [1.165, 1.54) is 11.3 Å². The number of para-hydroxylation sites is 1. The summed E-state index contributed by atoms with van der Waals surface area (Å²) in [6, 6.07) is 9.06. The van der Waals surface area contributed by atoms with Gasteiger partial charge in [-0.25, -0.2) is 0 Å². The molecule has 16 heavy (non-hydrogen) atoms. The van der Waals surface area contributed by atoms with Crippen LogP contribution >= 0.6 is 0 Å². The molecule has 3 nitrogen and oxygen atoms in total. The van der Waals surface area contributed by atoms with Crippen molar-refractivity contribution in [3.63, 3.8) is 0 Å². The maximum atomic E-state index is 5.80. The van der Waals surface area contributed by atoms with Crippen molar-refractivity contribution in [2.45, 2.75) is 13.0 Å². The Morgan fingerprint density at radius 2 is 2.06 bits per heavy atom. The molecule has 1 unspecified atom stereocenters. The van der Waals surface area contributed by atoms with Crippen LogP contribution < -0.4 is 10.6 Å². The number of hydrogen-bond donors (Lipinski definition) is 1. The number of piperazine rings is 1. The maximum Gasteiger partial charge on any atom is 0.0396 e. The monoisotopic (exact) mass is 219 g/mol. The fraction of sp³-hybridized carbons (Fsp3) is 0.538. The van der Waals surface area contributed by atoms with E-state index in [9.17, 15) is 0 Å². The molecule has 2 N–H and O–H groups in total. The largest absolute Gasteiger partial charge is 0.368 e. The standard InChI is InChI=1S/C13H21N3/c1-11-5-3-4-6-13(11)16-8-7-15(2)12(9-14)10-16/h3-6,12H,7-10,14H2,1-2H3. The first-order chi connectivity index (χ1) is 7.72. The number of anilines is 1. The summed E-state index contributed by atoms with van der Waals surface area (Å²) in [5.74, 6) is 0. The van der Waals surface area contributed by atoms with Crippen LogP contribution in [0.3, 0.4) is 0 Å². The molecule has 1 aromatic carbocycles. The summed E-state index contributed by atoms with van der Waals surface area (Å²) >= 11 is 0. The lowest BCUT2D eigenvalue weighted by Gasteiger charge is -2.40. The fourth-order valence-electron chi connectivity index (χ4n) is 2.34.